The lowest BCUT2D eigenvalue weighted by Crippen LogP contribution is -2.37. The first-order valence-corrected chi connectivity index (χ1v) is 10.9. The van der Waals surface area contributed by atoms with Crippen molar-refractivity contribution in [3.05, 3.63) is 76.9 Å². The Morgan fingerprint density at radius 2 is 1.86 bits per heavy atom. The summed E-state index contributed by atoms with van der Waals surface area (Å²) in [5.74, 6) is 0. The molecule has 0 spiro atoms. The third kappa shape index (κ3) is 3.43. The van der Waals surface area contributed by atoms with Gasteiger partial charge in [0.15, 0.2) is 0 Å². The van der Waals surface area contributed by atoms with Gasteiger partial charge in [0.05, 0.1) is 10.7 Å². The number of nitrogens with zero attached hydrogens (tertiary/aromatic N) is 1. The van der Waals surface area contributed by atoms with Gasteiger partial charge in [-0.15, -0.1) is 11.3 Å². The van der Waals surface area contributed by atoms with Gasteiger partial charge >= 0.3 is 0 Å². The maximum Gasteiger partial charge on any atom is 0.249 e. The Labute approximate surface area is 173 Å². The van der Waals surface area contributed by atoms with Crippen LogP contribution in [0.1, 0.15) is 41.0 Å². The summed E-state index contributed by atoms with van der Waals surface area (Å²) in [6, 6.07) is 7.39. The highest BCUT2D eigenvalue weighted by molar-refractivity contribution is 7.16. The molecular formula is C22H23ClN2O2S. The lowest BCUT2D eigenvalue weighted by atomic mass is 9.98. The van der Waals surface area contributed by atoms with Crippen molar-refractivity contribution in [2.75, 3.05) is 18.4 Å². The second-order valence-corrected chi connectivity index (χ2v) is 8.77. The highest BCUT2D eigenvalue weighted by Crippen LogP contribution is 2.39. The Morgan fingerprint density at radius 3 is 2.54 bits per heavy atom. The second-order valence-electron chi connectivity index (χ2n) is 7.22. The Bertz CT molecular complexity index is 1080. The average Bonchev–Trinajstić information content (AvgIpc) is 3.07. The molecule has 0 saturated heterocycles. The zero-order valence-electron chi connectivity index (χ0n) is 16.1. The summed E-state index contributed by atoms with van der Waals surface area (Å²) in [6.45, 7) is 7.43. The fourth-order valence-electron chi connectivity index (χ4n) is 3.93. The van der Waals surface area contributed by atoms with Crippen molar-refractivity contribution in [2.45, 2.75) is 39.7 Å². The van der Waals surface area contributed by atoms with Crippen LogP contribution in [0.15, 0.2) is 33.9 Å². The van der Waals surface area contributed by atoms with Crippen LogP contribution < -0.4 is 16.2 Å². The average molecular weight is 415 g/mol. The molecule has 1 aliphatic rings. The monoisotopic (exact) mass is 414 g/mol. The van der Waals surface area contributed by atoms with Crippen LogP contribution in [0.25, 0.3) is 0 Å². The predicted octanol–water partition coefficient (Wildman–Crippen LogP) is 4.27. The number of rotatable bonds is 6. The van der Waals surface area contributed by atoms with E-state index in [1.807, 2.05) is 12.1 Å². The van der Waals surface area contributed by atoms with Crippen molar-refractivity contribution in [1.82, 2.24) is 4.90 Å². The molecule has 2 aromatic carbocycles. The molecule has 4 nitrogen and oxygen atoms in total. The summed E-state index contributed by atoms with van der Waals surface area (Å²) < 4.78 is 0. The van der Waals surface area contributed by atoms with Crippen LogP contribution in [0.4, 0.5) is 10.7 Å². The van der Waals surface area contributed by atoms with E-state index in [2.05, 4.69) is 24.1 Å². The van der Waals surface area contributed by atoms with Gasteiger partial charge in [-0.25, -0.2) is 0 Å². The molecule has 0 unspecified atom stereocenters. The zero-order chi connectivity index (χ0) is 19.8. The Morgan fingerprint density at radius 1 is 1.11 bits per heavy atom. The van der Waals surface area contributed by atoms with Gasteiger partial charge in [0.25, 0.3) is 0 Å². The third-order valence-corrected chi connectivity index (χ3v) is 7.01. The van der Waals surface area contributed by atoms with Crippen LogP contribution in [0.2, 0.25) is 5.02 Å². The van der Waals surface area contributed by atoms with Crippen LogP contribution in [-0.2, 0) is 25.8 Å². The summed E-state index contributed by atoms with van der Waals surface area (Å²) in [4.78, 5) is 28.3. The van der Waals surface area contributed by atoms with E-state index in [0.29, 0.717) is 22.7 Å². The van der Waals surface area contributed by atoms with Gasteiger partial charge in [-0.05, 0) is 48.2 Å². The van der Waals surface area contributed by atoms with Crippen LogP contribution in [0.5, 0.6) is 0 Å². The molecule has 0 fully saturated rings. The molecule has 2 heterocycles. The van der Waals surface area contributed by atoms with Crippen LogP contribution in [0, 0.1) is 0 Å². The minimum atomic E-state index is -0.410. The van der Waals surface area contributed by atoms with Crippen molar-refractivity contribution in [3.63, 3.8) is 0 Å². The number of anilines is 2. The number of hydrogen-bond acceptors (Lipinski definition) is 5. The van der Waals surface area contributed by atoms with Crippen LogP contribution in [-0.4, -0.2) is 18.0 Å². The Hall–Kier alpha value is -1.95. The summed E-state index contributed by atoms with van der Waals surface area (Å²) >= 11 is 7.67. The molecule has 0 atom stereocenters. The molecule has 4 rings (SSSR count). The molecule has 1 N–H and O–H groups in total. The molecule has 28 heavy (non-hydrogen) atoms. The minimum Gasteiger partial charge on any atom is -0.343 e. The molecule has 0 saturated carbocycles. The number of hydrogen-bond donors (Lipinski definition) is 1. The van der Waals surface area contributed by atoms with Gasteiger partial charge in [0, 0.05) is 35.0 Å². The molecule has 1 aromatic heterocycles. The van der Waals surface area contributed by atoms with Gasteiger partial charge < -0.3 is 5.32 Å². The van der Waals surface area contributed by atoms with Gasteiger partial charge in [-0.3, -0.25) is 14.5 Å². The van der Waals surface area contributed by atoms with Gasteiger partial charge in [0.1, 0.15) is 0 Å². The highest BCUT2D eigenvalue weighted by Gasteiger charge is 2.26. The van der Waals surface area contributed by atoms with E-state index in [0.717, 1.165) is 43.0 Å². The summed E-state index contributed by atoms with van der Waals surface area (Å²) in [7, 11) is 0. The van der Waals surface area contributed by atoms with Gasteiger partial charge in [-0.2, -0.15) is 0 Å². The van der Waals surface area contributed by atoms with E-state index in [1.165, 1.54) is 16.0 Å². The topological polar surface area (TPSA) is 49.4 Å². The number of thiophene rings is 1. The predicted molar refractivity (Wildman–Crippen MR) is 117 cm³/mol. The number of fused-ring (bicyclic) bond motifs is 1. The van der Waals surface area contributed by atoms with Gasteiger partial charge in [0.2, 0.25) is 10.9 Å². The van der Waals surface area contributed by atoms with E-state index in [1.54, 1.807) is 23.5 Å². The van der Waals surface area contributed by atoms with Crippen molar-refractivity contribution in [2.24, 2.45) is 0 Å². The van der Waals surface area contributed by atoms with Crippen molar-refractivity contribution < 1.29 is 0 Å². The first-order valence-electron chi connectivity index (χ1n) is 9.71. The molecule has 0 aliphatic carbocycles. The quantitative estimate of drug-likeness (QED) is 0.612. The first kappa shape index (κ1) is 19.4. The van der Waals surface area contributed by atoms with E-state index in [4.69, 9.17) is 11.6 Å². The minimum absolute atomic E-state index is 0.381. The number of halogens is 1. The summed E-state index contributed by atoms with van der Waals surface area (Å²) in [5.41, 5.74) is 3.93. The molecule has 0 amide bonds. The fourth-order valence-corrected chi connectivity index (χ4v) is 5.44. The van der Waals surface area contributed by atoms with Crippen LogP contribution >= 0.6 is 22.9 Å². The first-order chi connectivity index (χ1) is 13.5. The zero-order valence-corrected chi connectivity index (χ0v) is 17.7. The largest absolute Gasteiger partial charge is 0.343 e. The van der Waals surface area contributed by atoms with E-state index in [-0.39, 0.29) is 5.43 Å². The van der Waals surface area contributed by atoms with Crippen molar-refractivity contribution >= 4 is 33.6 Å². The molecule has 1 aliphatic heterocycles. The Balaban J connectivity index is 1.63. The molecular weight excluding hydrogens is 392 g/mol. The van der Waals surface area contributed by atoms with E-state index >= 15 is 0 Å². The number of likely N-dealkylation sites (N-methyl/N-ethyl adjacent to an activating group) is 1. The molecule has 146 valence electrons. The maximum atomic E-state index is 12.3. The smallest absolute Gasteiger partial charge is 0.249 e. The van der Waals surface area contributed by atoms with E-state index < -0.39 is 5.43 Å². The standard InChI is InChI=1S/C22H23ClN2O2S/c1-3-15-16-9-10-25(4-2)12-18(16)28-22(15)24-19-17(20(26)21(19)27)11-13-5-7-14(23)8-6-13/h5-8,24H,3-4,9-12H2,1-2H3. The van der Waals surface area contributed by atoms with Crippen molar-refractivity contribution in [3.8, 4) is 0 Å². The summed E-state index contributed by atoms with van der Waals surface area (Å²) in [5, 5.41) is 5.01. The van der Waals surface area contributed by atoms with Crippen LogP contribution in [0.3, 0.4) is 0 Å². The SMILES string of the molecule is CCc1c(Nc2c(Cc3ccc(Cl)cc3)c(=O)c2=O)sc2c1CCN(CC)C2. The number of nitrogens with one attached hydrogen (secondary N) is 1. The molecule has 0 radical (unpaired) electrons. The third-order valence-electron chi connectivity index (χ3n) is 5.59. The second kappa shape index (κ2) is 7.82. The number of benzene rings is 1. The van der Waals surface area contributed by atoms with Gasteiger partial charge in [-0.1, -0.05) is 37.6 Å². The molecule has 3 aromatic rings. The summed E-state index contributed by atoms with van der Waals surface area (Å²) in [6.07, 6.45) is 2.41. The highest BCUT2D eigenvalue weighted by atomic mass is 35.5. The maximum absolute atomic E-state index is 12.3. The van der Waals surface area contributed by atoms with Crippen molar-refractivity contribution in [1.29, 1.82) is 0 Å². The fraction of sp³-hybridized carbons (Fsp3) is 0.364. The Kier molecular flexibility index (Phi) is 5.41. The molecule has 6 heteroatoms. The normalized spacial score (nSPS) is 14.4. The lowest BCUT2D eigenvalue weighted by molar-refractivity contribution is 0.271. The molecule has 0 bridgehead atoms. The lowest BCUT2D eigenvalue weighted by Gasteiger charge is -2.25. The van der Waals surface area contributed by atoms with E-state index in [9.17, 15) is 9.59 Å².